The number of sulfonamides is 1. The van der Waals surface area contributed by atoms with Gasteiger partial charge in [-0.3, -0.25) is 4.98 Å². The number of rotatable bonds is 6. The van der Waals surface area contributed by atoms with Crippen LogP contribution in [0, 0.1) is 5.92 Å². The van der Waals surface area contributed by atoms with Gasteiger partial charge in [0.15, 0.2) is 0 Å². The predicted octanol–water partition coefficient (Wildman–Crippen LogP) is 0.619. The average molecular weight is 255 g/mol. The number of nitrogens with one attached hydrogen (secondary N) is 1. The van der Waals surface area contributed by atoms with Gasteiger partial charge in [-0.05, 0) is 24.5 Å². The van der Waals surface area contributed by atoms with Crippen LogP contribution in [0.25, 0.3) is 0 Å². The molecule has 0 aliphatic heterocycles. The fourth-order valence-corrected chi connectivity index (χ4v) is 2.57. The Morgan fingerprint density at radius 2 is 2.18 bits per heavy atom. The lowest BCUT2D eigenvalue weighted by Gasteiger charge is -2.06. The van der Waals surface area contributed by atoms with Crippen LogP contribution in [0.1, 0.15) is 25.0 Å². The van der Waals surface area contributed by atoms with E-state index in [1.165, 1.54) is 25.1 Å². The van der Waals surface area contributed by atoms with Gasteiger partial charge in [-0.2, -0.15) is 0 Å². The van der Waals surface area contributed by atoms with Crippen molar-refractivity contribution in [2.75, 3.05) is 6.54 Å². The Morgan fingerprint density at radius 3 is 2.71 bits per heavy atom. The Hall–Kier alpha value is -0.980. The first-order valence-corrected chi connectivity index (χ1v) is 7.25. The molecule has 0 unspecified atom stereocenters. The number of pyridine rings is 1. The van der Waals surface area contributed by atoms with E-state index in [1.807, 2.05) is 0 Å². The first kappa shape index (κ1) is 12.5. The molecule has 1 aromatic rings. The standard InChI is InChI=1S/C11H17N3O2S/c12-7-10-3-4-11(8-13-10)17(15,16)14-6-5-9-1-2-9/h3-4,8-9,14H,1-2,5-7,12H2. The van der Waals surface area contributed by atoms with E-state index in [9.17, 15) is 8.42 Å². The van der Waals surface area contributed by atoms with Crippen LogP contribution < -0.4 is 10.5 Å². The van der Waals surface area contributed by atoms with Gasteiger partial charge in [-0.25, -0.2) is 13.1 Å². The van der Waals surface area contributed by atoms with E-state index in [-0.39, 0.29) is 4.90 Å². The van der Waals surface area contributed by atoms with E-state index >= 15 is 0 Å². The molecule has 17 heavy (non-hydrogen) atoms. The van der Waals surface area contributed by atoms with Crippen molar-refractivity contribution in [1.82, 2.24) is 9.71 Å². The van der Waals surface area contributed by atoms with E-state index < -0.39 is 10.0 Å². The summed E-state index contributed by atoms with van der Waals surface area (Å²) in [6.45, 7) is 0.821. The van der Waals surface area contributed by atoms with Crippen molar-refractivity contribution >= 4 is 10.0 Å². The minimum Gasteiger partial charge on any atom is -0.325 e. The smallest absolute Gasteiger partial charge is 0.242 e. The molecule has 0 atom stereocenters. The lowest BCUT2D eigenvalue weighted by Crippen LogP contribution is -2.25. The average Bonchev–Trinajstić information content (AvgIpc) is 3.13. The Kier molecular flexibility index (Phi) is 3.76. The molecule has 3 N–H and O–H groups in total. The van der Waals surface area contributed by atoms with E-state index in [0.717, 1.165) is 12.3 Å². The number of nitrogens with zero attached hydrogens (tertiary/aromatic N) is 1. The summed E-state index contributed by atoms with van der Waals surface area (Å²) in [5, 5.41) is 0. The van der Waals surface area contributed by atoms with E-state index in [0.29, 0.717) is 18.8 Å². The van der Waals surface area contributed by atoms with Gasteiger partial charge >= 0.3 is 0 Å². The fraction of sp³-hybridized carbons (Fsp3) is 0.545. The van der Waals surface area contributed by atoms with Gasteiger partial charge in [-0.15, -0.1) is 0 Å². The number of aromatic nitrogens is 1. The van der Waals surface area contributed by atoms with Crippen LogP contribution in [0.3, 0.4) is 0 Å². The van der Waals surface area contributed by atoms with E-state index in [1.54, 1.807) is 6.07 Å². The molecule has 1 aromatic heterocycles. The molecular weight excluding hydrogens is 238 g/mol. The van der Waals surface area contributed by atoms with Gasteiger partial charge in [0.1, 0.15) is 4.90 Å². The molecule has 0 amide bonds. The second kappa shape index (κ2) is 5.12. The number of hydrogen-bond donors (Lipinski definition) is 2. The van der Waals surface area contributed by atoms with Crippen molar-refractivity contribution in [3.8, 4) is 0 Å². The summed E-state index contributed by atoms with van der Waals surface area (Å²) in [6, 6.07) is 3.17. The summed E-state index contributed by atoms with van der Waals surface area (Å²) in [5.41, 5.74) is 6.08. The molecule has 0 bridgehead atoms. The topological polar surface area (TPSA) is 85.1 Å². The lowest BCUT2D eigenvalue weighted by molar-refractivity contribution is 0.575. The first-order chi connectivity index (χ1) is 8.12. The SMILES string of the molecule is NCc1ccc(S(=O)(=O)NCCC2CC2)cn1. The van der Waals surface area contributed by atoms with Crippen LogP contribution in [0.5, 0.6) is 0 Å². The van der Waals surface area contributed by atoms with E-state index in [4.69, 9.17) is 5.73 Å². The first-order valence-electron chi connectivity index (χ1n) is 5.76. The maximum Gasteiger partial charge on any atom is 0.242 e. The summed E-state index contributed by atoms with van der Waals surface area (Å²) in [5.74, 6) is 0.718. The van der Waals surface area contributed by atoms with Crippen LogP contribution in [0.15, 0.2) is 23.2 Å². The van der Waals surface area contributed by atoms with Gasteiger partial charge in [0.25, 0.3) is 0 Å². The summed E-state index contributed by atoms with van der Waals surface area (Å²) in [6.07, 6.45) is 4.73. The van der Waals surface area contributed by atoms with Crippen molar-refractivity contribution in [3.63, 3.8) is 0 Å². The molecule has 94 valence electrons. The third kappa shape index (κ3) is 3.49. The molecule has 0 saturated heterocycles. The quantitative estimate of drug-likeness (QED) is 0.780. The highest BCUT2D eigenvalue weighted by molar-refractivity contribution is 7.89. The van der Waals surface area contributed by atoms with Crippen LogP contribution >= 0.6 is 0 Å². The second-order valence-corrected chi connectivity index (χ2v) is 6.09. The largest absolute Gasteiger partial charge is 0.325 e. The van der Waals surface area contributed by atoms with Gasteiger partial charge in [0.05, 0.1) is 5.69 Å². The Bertz CT molecular complexity index is 466. The van der Waals surface area contributed by atoms with Crippen LogP contribution in [0.2, 0.25) is 0 Å². The van der Waals surface area contributed by atoms with Crippen molar-refractivity contribution < 1.29 is 8.42 Å². The molecule has 5 nitrogen and oxygen atoms in total. The summed E-state index contributed by atoms with van der Waals surface area (Å²) < 4.78 is 26.3. The molecule has 1 aliphatic rings. The molecule has 0 radical (unpaired) electrons. The van der Waals surface area contributed by atoms with E-state index in [2.05, 4.69) is 9.71 Å². The van der Waals surface area contributed by atoms with Crippen molar-refractivity contribution in [2.45, 2.75) is 30.7 Å². The van der Waals surface area contributed by atoms with Crippen LogP contribution in [0.4, 0.5) is 0 Å². The maximum absolute atomic E-state index is 11.9. The summed E-state index contributed by atoms with van der Waals surface area (Å²) in [4.78, 5) is 4.17. The van der Waals surface area contributed by atoms with Gasteiger partial charge < -0.3 is 5.73 Å². The fourth-order valence-electron chi connectivity index (χ4n) is 1.58. The molecule has 1 heterocycles. The normalized spacial score (nSPS) is 16.1. The molecule has 0 spiro atoms. The lowest BCUT2D eigenvalue weighted by atomic mass is 10.3. The predicted molar refractivity (Wildman–Crippen MR) is 64.7 cm³/mol. The molecule has 6 heteroatoms. The van der Waals surface area contributed by atoms with Gasteiger partial charge in [0, 0.05) is 19.3 Å². The third-order valence-corrected chi connectivity index (χ3v) is 4.30. The van der Waals surface area contributed by atoms with Gasteiger partial charge in [-0.1, -0.05) is 12.8 Å². The van der Waals surface area contributed by atoms with Crippen molar-refractivity contribution in [1.29, 1.82) is 0 Å². The summed E-state index contributed by atoms with van der Waals surface area (Å²) >= 11 is 0. The molecular formula is C11H17N3O2S. The summed E-state index contributed by atoms with van der Waals surface area (Å²) in [7, 11) is -3.41. The Morgan fingerprint density at radius 1 is 1.41 bits per heavy atom. The van der Waals surface area contributed by atoms with Crippen LogP contribution in [-0.2, 0) is 16.6 Å². The zero-order valence-corrected chi connectivity index (χ0v) is 10.4. The molecule has 1 saturated carbocycles. The maximum atomic E-state index is 11.9. The zero-order chi connectivity index (χ0) is 12.3. The Labute approximate surface area is 101 Å². The van der Waals surface area contributed by atoms with Crippen molar-refractivity contribution in [3.05, 3.63) is 24.0 Å². The second-order valence-electron chi connectivity index (χ2n) is 4.32. The molecule has 1 aliphatic carbocycles. The monoisotopic (exact) mass is 255 g/mol. The minimum absolute atomic E-state index is 0.200. The highest BCUT2D eigenvalue weighted by atomic mass is 32.2. The zero-order valence-electron chi connectivity index (χ0n) is 9.59. The highest BCUT2D eigenvalue weighted by Gasteiger charge is 2.22. The highest BCUT2D eigenvalue weighted by Crippen LogP contribution is 2.31. The number of nitrogens with two attached hydrogens (primary N) is 1. The molecule has 2 rings (SSSR count). The van der Waals surface area contributed by atoms with Crippen LogP contribution in [-0.4, -0.2) is 19.9 Å². The van der Waals surface area contributed by atoms with Gasteiger partial charge in [0.2, 0.25) is 10.0 Å². The number of hydrogen-bond acceptors (Lipinski definition) is 4. The third-order valence-electron chi connectivity index (χ3n) is 2.86. The Balaban J connectivity index is 1.96. The molecule has 0 aromatic carbocycles. The van der Waals surface area contributed by atoms with Crippen molar-refractivity contribution in [2.24, 2.45) is 11.7 Å². The molecule has 1 fully saturated rings. The minimum atomic E-state index is -3.41.